The molecule has 6 nitrogen and oxygen atoms in total. The second-order valence-electron chi connectivity index (χ2n) is 6.12. The Labute approximate surface area is 119 Å². The third-order valence-electron chi connectivity index (χ3n) is 4.17. The molecule has 0 aromatic carbocycles. The van der Waals surface area contributed by atoms with Crippen molar-refractivity contribution in [3.63, 3.8) is 0 Å². The number of rotatable bonds is 5. The molecule has 0 atom stereocenters. The van der Waals surface area contributed by atoms with Gasteiger partial charge < -0.3 is 15.2 Å². The third kappa shape index (κ3) is 2.60. The molecule has 2 heterocycles. The number of H-pyrrole nitrogens is 1. The molecule has 0 amide bonds. The molecule has 1 aliphatic carbocycles. The zero-order valence-electron chi connectivity index (χ0n) is 12.2. The number of anilines is 1. The first-order valence-electron chi connectivity index (χ1n) is 7.21. The standard InChI is InChI=1S/C14H22N6/c1-20(2)8-14(5-3-4-6-14)7-15-12-11-13(17-9-16-11)19-10-18-12/h9-10H,3-8H2,1-2H3,(H2,15,16,17,18,19). The first-order chi connectivity index (χ1) is 9.69. The summed E-state index contributed by atoms with van der Waals surface area (Å²) >= 11 is 0. The molecule has 1 saturated carbocycles. The van der Waals surface area contributed by atoms with Gasteiger partial charge >= 0.3 is 0 Å². The van der Waals surface area contributed by atoms with Gasteiger partial charge in [0.15, 0.2) is 11.5 Å². The summed E-state index contributed by atoms with van der Waals surface area (Å²) < 4.78 is 0. The second kappa shape index (κ2) is 5.36. The molecule has 2 aromatic heterocycles. The molecular formula is C14H22N6. The van der Waals surface area contributed by atoms with Gasteiger partial charge in [-0.2, -0.15) is 0 Å². The maximum atomic E-state index is 4.34. The second-order valence-corrected chi connectivity index (χ2v) is 6.12. The monoisotopic (exact) mass is 274 g/mol. The van der Waals surface area contributed by atoms with E-state index < -0.39 is 0 Å². The van der Waals surface area contributed by atoms with Crippen LogP contribution >= 0.6 is 0 Å². The van der Waals surface area contributed by atoms with Crippen LogP contribution in [-0.2, 0) is 0 Å². The van der Waals surface area contributed by atoms with Crippen molar-refractivity contribution in [2.75, 3.05) is 32.5 Å². The van der Waals surface area contributed by atoms with Crippen molar-refractivity contribution in [1.29, 1.82) is 0 Å². The van der Waals surface area contributed by atoms with E-state index in [0.29, 0.717) is 5.41 Å². The molecule has 0 saturated heterocycles. The Morgan fingerprint density at radius 2 is 2.05 bits per heavy atom. The van der Waals surface area contributed by atoms with Gasteiger partial charge in [0.1, 0.15) is 11.8 Å². The molecule has 3 rings (SSSR count). The van der Waals surface area contributed by atoms with Crippen LogP contribution in [-0.4, -0.2) is 52.0 Å². The average molecular weight is 274 g/mol. The summed E-state index contributed by atoms with van der Waals surface area (Å²) in [7, 11) is 4.30. The van der Waals surface area contributed by atoms with E-state index in [-0.39, 0.29) is 0 Å². The summed E-state index contributed by atoms with van der Waals surface area (Å²) in [5, 5.41) is 3.51. The van der Waals surface area contributed by atoms with E-state index in [9.17, 15) is 0 Å². The Morgan fingerprint density at radius 3 is 2.80 bits per heavy atom. The fourth-order valence-electron chi connectivity index (χ4n) is 3.36. The lowest BCUT2D eigenvalue weighted by molar-refractivity contribution is 0.215. The summed E-state index contributed by atoms with van der Waals surface area (Å²) in [6.07, 6.45) is 8.47. The smallest absolute Gasteiger partial charge is 0.182 e. The Balaban J connectivity index is 1.75. The largest absolute Gasteiger partial charge is 0.368 e. The van der Waals surface area contributed by atoms with Gasteiger partial charge in [-0.3, -0.25) is 0 Å². The maximum absolute atomic E-state index is 4.34. The predicted molar refractivity (Wildman–Crippen MR) is 79.6 cm³/mol. The highest BCUT2D eigenvalue weighted by molar-refractivity contribution is 5.81. The Bertz CT molecular complexity index is 570. The SMILES string of the molecule is CN(C)CC1(CNc2ncnc3nc[nH]c23)CCCC1. The fourth-order valence-corrected chi connectivity index (χ4v) is 3.36. The van der Waals surface area contributed by atoms with Crippen molar-refractivity contribution in [2.24, 2.45) is 5.41 Å². The van der Waals surface area contributed by atoms with Gasteiger partial charge in [0, 0.05) is 18.5 Å². The zero-order chi connectivity index (χ0) is 14.0. The van der Waals surface area contributed by atoms with Crippen LogP contribution in [0.25, 0.3) is 11.2 Å². The highest BCUT2D eigenvalue weighted by atomic mass is 15.1. The van der Waals surface area contributed by atoms with Gasteiger partial charge in [-0.15, -0.1) is 0 Å². The van der Waals surface area contributed by atoms with E-state index in [1.165, 1.54) is 25.7 Å². The van der Waals surface area contributed by atoms with E-state index in [1.807, 2.05) is 0 Å². The Morgan fingerprint density at radius 1 is 1.25 bits per heavy atom. The first-order valence-corrected chi connectivity index (χ1v) is 7.21. The zero-order valence-corrected chi connectivity index (χ0v) is 12.2. The summed E-state index contributed by atoms with van der Waals surface area (Å²) in [6.45, 7) is 2.08. The molecule has 1 fully saturated rings. The predicted octanol–water partition coefficient (Wildman–Crippen LogP) is 1.89. The molecule has 0 bridgehead atoms. The fraction of sp³-hybridized carbons (Fsp3) is 0.643. The molecule has 2 N–H and O–H groups in total. The van der Waals surface area contributed by atoms with Crippen LogP contribution in [0.15, 0.2) is 12.7 Å². The molecule has 6 heteroatoms. The van der Waals surface area contributed by atoms with Gasteiger partial charge in [-0.25, -0.2) is 15.0 Å². The van der Waals surface area contributed by atoms with Crippen LogP contribution in [0.3, 0.4) is 0 Å². The number of nitrogens with zero attached hydrogens (tertiary/aromatic N) is 4. The Kier molecular flexibility index (Phi) is 3.56. The highest BCUT2D eigenvalue weighted by Gasteiger charge is 2.34. The maximum Gasteiger partial charge on any atom is 0.182 e. The molecule has 0 unspecified atom stereocenters. The lowest BCUT2D eigenvalue weighted by Gasteiger charge is -2.32. The van der Waals surface area contributed by atoms with E-state index >= 15 is 0 Å². The molecular weight excluding hydrogens is 252 g/mol. The normalized spacial score (nSPS) is 17.9. The summed E-state index contributed by atoms with van der Waals surface area (Å²) in [4.78, 5) is 18.1. The van der Waals surface area contributed by atoms with E-state index in [1.54, 1.807) is 12.7 Å². The van der Waals surface area contributed by atoms with Crippen molar-refractivity contribution in [1.82, 2.24) is 24.8 Å². The quantitative estimate of drug-likeness (QED) is 0.871. The molecule has 108 valence electrons. The van der Waals surface area contributed by atoms with Crippen molar-refractivity contribution in [3.05, 3.63) is 12.7 Å². The summed E-state index contributed by atoms with van der Waals surface area (Å²) in [5.74, 6) is 0.859. The minimum Gasteiger partial charge on any atom is -0.368 e. The third-order valence-corrected chi connectivity index (χ3v) is 4.17. The van der Waals surface area contributed by atoms with Gasteiger partial charge in [0.05, 0.1) is 6.33 Å². The van der Waals surface area contributed by atoms with Crippen molar-refractivity contribution < 1.29 is 0 Å². The van der Waals surface area contributed by atoms with Crippen LogP contribution in [0.4, 0.5) is 5.82 Å². The number of aromatic amines is 1. The summed E-state index contributed by atoms with van der Waals surface area (Å²) in [6, 6.07) is 0. The molecule has 1 aliphatic rings. The number of fused-ring (bicyclic) bond motifs is 1. The van der Waals surface area contributed by atoms with Gasteiger partial charge in [-0.1, -0.05) is 12.8 Å². The summed E-state index contributed by atoms with van der Waals surface area (Å²) in [5.41, 5.74) is 1.97. The number of hydrogen-bond donors (Lipinski definition) is 2. The first kappa shape index (κ1) is 13.3. The molecule has 2 aromatic rings. The molecule has 0 aliphatic heterocycles. The van der Waals surface area contributed by atoms with E-state index in [0.717, 1.165) is 30.1 Å². The molecule has 0 radical (unpaired) electrons. The van der Waals surface area contributed by atoms with Crippen LogP contribution in [0.2, 0.25) is 0 Å². The van der Waals surface area contributed by atoms with Gasteiger partial charge in [-0.05, 0) is 26.9 Å². The van der Waals surface area contributed by atoms with Crippen molar-refractivity contribution >= 4 is 17.0 Å². The average Bonchev–Trinajstić information content (AvgIpc) is 3.05. The number of imidazole rings is 1. The lowest BCUT2D eigenvalue weighted by atomic mass is 9.85. The van der Waals surface area contributed by atoms with Crippen LogP contribution < -0.4 is 5.32 Å². The molecule has 20 heavy (non-hydrogen) atoms. The highest BCUT2D eigenvalue weighted by Crippen LogP contribution is 2.38. The Hall–Kier alpha value is -1.69. The van der Waals surface area contributed by atoms with Gasteiger partial charge in [0.25, 0.3) is 0 Å². The number of nitrogens with one attached hydrogen (secondary N) is 2. The van der Waals surface area contributed by atoms with Crippen LogP contribution in [0.1, 0.15) is 25.7 Å². The lowest BCUT2D eigenvalue weighted by Crippen LogP contribution is -2.37. The number of aromatic nitrogens is 4. The van der Waals surface area contributed by atoms with E-state index in [4.69, 9.17) is 0 Å². The van der Waals surface area contributed by atoms with E-state index in [2.05, 4.69) is 44.2 Å². The van der Waals surface area contributed by atoms with Crippen LogP contribution in [0, 0.1) is 5.41 Å². The van der Waals surface area contributed by atoms with Gasteiger partial charge in [0.2, 0.25) is 0 Å². The molecule has 0 spiro atoms. The van der Waals surface area contributed by atoms with Crippen LogP contribution in [0.5, 0.6) is 0 Å². The minimum atomic E-state index is 0.362. The van der Waals surface area contributed by atoms with Crippen molar-refractivity contribution in [2.45, 2.75) is 25.7 Å². The minimum absolute atomic E-state index is 0.362. The number of hydrogen-bond acceptors (Lipinski definition) is 5. The van der Waals surface area contributed by atoms with Crippen molar-refractivity contribution in [3.8, 4) is 0 Å². The topological polar surface area (TPSA) is 69.7 Å².